The van der Waals surface area contributed by atoms with Gasteiger partial charge in [0.25, 0.3) is 11.8 Å². The predicted octanol–water partition coefficient (Wildman–Crippen LogP) is 1.08. The minimum absolute atomic E-state index is 0.101. The van der Waals surface area contributed by atoms with Gasteiger partial charge in [0.1, 0.15) is 0 Å². The number of nitrogens with one attached hydrogen (secondary N) is 1. The van der Waals surface area contributed by atoms with Crippen LogP contribution in [-0.4, -0.2) is 36.3 Å². The minimum Gasteiger partial charge on any atom is -0.316 e. The molecule has 1 fully saturated rings. The van der Waals surface area contributed by atoms with Crippen molar-refractivity contribution >= 4 is 11.8 Å². The van der Waals surface area contributed by atoms with Gasteiger partial charge in [0.15, 0.2) is 0 Å². The maximum atomic E-state index is 11.8. The van der Waals surface area contributed by atoms with E-state index in [4.69, 9.17) is 0 Å². The number of nitrogens with zero attached hydrogens (tertiary/aromatic N) is 1. The van der Waals surface area contributed by atoms with Crippen molar-refractivity contribution in [2.24, 2.45) is 5.92 Å². The van der Waals surface area contributed by atoms with Crippen molar-refractivity contribution in [3.63, 3.8) is 0 Å². The lowest BCUT2D eigenvalue weighted by molar-refractivity contribution is -0.137. The van der Waals surface area contributed by atoms with E-state index in [9.17, 15) is 9.59 Å². The molecule has 0 aliphatic carbocycles. The molecule has 4 heteroatoms. The first-order valence-electron chi connectivity index (χ1n) is 6.35. The Labute approximate surface area is 102 Å². The highest BCUT2D eigenvalue weighted by Gasteiger charge is 2.33. The van der Waals surface area contributed by atoms with Crippen LogP contribution in [0.25, 0.3) is 0 Å². The molecule has 2 heterocycles. The summed E-state index contributed by atoms with van der Waals surface area (Å²) in [4.78, 5) is 25.1. The summed E-state index contributed by atoms with van der Waals surface area (Å²) in [5.41, 5.74) is 1.22. The van der Waals surface area contributed by atoms with Crippen LogP contribution in [0.3, 0.4) is 0 Å². The summed E-state index contributed by atoms with van der Waals surface area (Å²) in [5.74, 6) is 0.401. The Morgan fingerprint density at radius 1 is 1.24 bits per heavy atom. The first-order valence-corrected chi connectivity index (χ1v) is 6.35. The number of carbonyl (C=O) groups excluding carboxylic acids is 2. The lowest BCUT2D eigenvalue weighted by atomic mass is 9.96. The average Bonchev–Trinajstić information content (AvgIpc) is 2.54. The standard InChI is InChI=1S/C13H20N2O2/c1-9-10(2)13(17)15(12(9)16)7-5-11-4-3-6-14-8-11/h11,14H,3-8H2,1-2H3. The average molecular weight is 236 g/mol. The predicted molar refractivity (Wildman–Crippen MR) is 65.3 cm³/mol. The molecule has 1 unspecified atom stereocenters. The van der Waals surface area contributed by atoms with Gasteiger partial charge in [0.05, 0.1) is 0 Å². The Kier molecular flexibility index (Phi) is 3.62. The summed E-state index contributed by atoms with van der Waals surface area (Å²) in [5, 5.41) is 3.35. The third-order valence-corrected chi connectivity index (χ3v) is 3.85. The van der Waals surface area contributed by atoms with Crippen molar-refractivity contribution in [1.82, 2.24) is 10.2 Å². The molecule has 0 saturated carbocycles. The Hall–Kier alpha value is -1.16. The van der Waals surface area contributed by atoms with Gasteiger partial charge in [-0.05, 0) is 52.1 Å². The fourth-order valence-electron chi connectivity index (χ4n) is 2.50. The van der Waals surface area contributed by atoms with Gasteiger partial charge in [-0.1, -0.05) is 0 Å². The molecular weight excluding hydrogens is 216 g/mol. The van der Waals surface area contributed by atoms with Gasteiger partial charge in [0, 0.05) is 17.7 Å². The van der Waals surface area contributed by atoms with Gasteiger partial charge in [-0.25, -0.2) is 0 Å². The van der Waals surface area contributed by atoms with Crippen molar-refractivity contribution in [3.05, 3.63) is 11.1 Å². The van der Waals surface area contributed by atoms with E-state index in [2.05, 4.69) is 5.32 Å². The normalized spacial score (nSPS) is 26.0. The van der Waals surface area contributed by atoms with Crippen molar-refractivity contribution in [1.29, 1.82) is 0 Å². The Morgan fingerprint density at radius 2 is 1.88 bits per heavy atom. The number of carbonyl (C=O) groups is 2. The van der Waals surface area contributed by atoms with Crippen molar-refractivity contribution in [2.75, 3.05) is 19.6 Å². The molecule has 94 valence electrons. The van der Waals surface area contributed by atoms with E-state index in [1.807, 2.05) is 0 Å². The molecule has 0 aromatic heterocycles. The SMILES string of the molecule is CC1=C(C)C(=O)N(CCC2CCCNC2)C1=O. The van der Waals surface area contributed by atoms with Gasteiger partial charge in [0.2, 0.25) is 0 Å². The molecule has 0 aromatic carbocycles. The van der Waals surface area contributed by atoms with E-state index in [0.717, 1.165) is 19.5 Å². The zero-order valence-electron chi connectivity index (χ0n) is 10.6. The highest BCUT2D eigenvalue weighted by Crippen LogP contribution is 2.22. The van der Waals surface area contributed by atoms with Crippen molar-refractivity contribution in [2.45, 2.75) is 33.1 Å². The topological polar surface area (TPSA) is 49.4 Å². The van der Waals surface area contributed by atoms with E-state index in [-0.39, 0.29) is 11.8 Å². The van der Waals surface area contributed by atoms with Crippen LogP contribution in [0.1, 0.15) is 33.1 Å². The minimum atomic E-state index is -0.101. The first-order chi connectivity index (χ1) is 8.11. The molecule has 1 atom stereocenters. The van der Waals surface area contributed by atoms with Crippen LogP contribution >= 0.6 is 0 Å². The van der Waals surface area contributed by atoms with Crippen LogP contribution in [0.2, 0.25) is 0 Å². The highest BCUT2D eigenvalue weighted by atomic mass is 16.2. The fourth-order valence-corrected chi connectivity index (χ4v) is 2.50. The zero-order chi connectivity index (χ0) is 12.4. The third-order valence-electron chi connectivity index (χ3n) is 3.85. The van der Waals surface area contributed by atoms with Crippen LogP contribution in [0.15, 0.2) is 11.1 Å². The molecule has 2 rings (SSSR count). The second-order valence-corrected chi connectivity index (χ2v) is 5.01. The maximum Gasteiger partial charge on any atom is 0.256 e. The summed E-state index contributed by atoms with van der Waals surface area (Å²) in [7, 11) is 0. The van der Waals surface area contributed by atoms with E-state index in [1.54, 1.807) is 13.8 Å². The van der Waals surface area contributed by atoms with Crippen molar-refractivity contribution < 1.29 is 9.59 Å². The first kappa shape index (κ1) is 12.3. The summed E-state index contributed by atoms with van der Waals surface area (Å²) in [6.07, 6.45) is 3.32. The number of imide groups is 1. The molecule has 2 aliphatic rings. The van der Waals surface area contributed by atoms with Crippen molar-refractivity contribution in [3.8, 4) is 0 Å². The fraction of sp³-hybridized carbons (Fsp3) is 0.692. The van der Waals surface area contributed by atoms with Crippen LogP contribution in [0.5, 0.6) is 0 Å². The van der Waals surface area contributed by atoms with Gasteiger partial charge < -0.3 is 5.32 Å². The molecule has 1 N–H and O–H groups in total. The highest BCUT2D eigenvalue weighted by molar-refractivity contribution is 6.18. The lowest BCUT2D eigenvalue weighted by Gasteiger charge is -2.24. The number of amides is 2. The number of rotatable bonds is 3. The van der Waals surface area contributed by atoms with E-state index >= 15 is 0 Å². The molecule has 2 amide bonds. The molecule has 0 spiro atoms. The van der Waals surface area contributed by atoms with Crippen LogP contribution in [-0.2, 0) is 9.59 Å². The van der Waals surface area contributed by atoms with E-state index in [0.29, 0.717) is 23.6 Å². The van der Waals surface area contributed by atoms with E-state index in [1.165, 1.54) is 17.7 Å². The van der Waals surface area contributed by atoms with Gasteiger partial charge in [-0.15, -0.1) is 0 Å². The van der Waals surface area contributed by atoms with Gasteiger partial charge in [-0.3, -0.25) is 14.5 Å². The van der Waals surface area contributed by atoms with Gasteiger partial charge in [-0.2, -0.15) is 0 Å². The van der Waals surface area contributed by atoms with Crippen LogP contribution in [0.4, 0.5) is 0 Å². The summed E-state index contributed by atoms with van der Waals surface area (Å²) >= 11 is 0. The molecule has 0 radical (unpaired) electrons. The van der Waals surface area contributed by atoms with Crippen LogP contribution in [0, 0.1) is 5.92 Å². The van der Waals surface area contributed by atoms with E-state index < -0.39 is 0 Å². The Bertz CT molecular complexity index is 344. The monoisotopic (exact) mass is 236 g/mol. The molecule has 17 heavy (non-hydrogen) atoms. The summed E-state index contributed by atoms with van der Waals surface area (Å²) in [6, 6.07) is 0. The number of hydrogen-bond donors (Lipinski definition) is 1. The second-order valence-electron chi connectivity index (χ2n) is 5.01. The number of hydrogen-bond acceptors (Lipinski definition) is 3. The molecule has 2 aliphatic heterocycles. The molecule has 1 saturated heterocycles. The quantitative estimate of drug-likeness (QED) is 0.746. The Morgan fingerprint density at radius 3 is 2.41 bits per heavy atom. The van der Waals surface area contributed by atoms with Crippen LogP contribution < -0.4 is 5.32 Å². The zero-order valence-corrected chi connectivity index (χ0v) is 10.6. The second kappa shape index (κ2) is 5.00. The molecular formula is C13H20N2O2. The Balaban J connectivity index is 1.88. The number of piperidine rings is 1. The molecule has 0 bridgehead atoms. The third kappa shape index (κ3) is 2.41. The summed E-state index contributed by atoms with van der Waals surface area (Å²) < 4.78 is 0. The molecule has 0 aromatic rings. The van der Waals surface area contributed by atoms with Gasteiger partial charge >= 0.3 is 0 Å². The largest absolute Gasteiger partial charge is 0.316 e. The molecule has 4 nitrogen and oxygen atoms in total. The lowest BCUT2D eigenvalue weighted by Crippen LogP contribution is -2.36. The maximum absolute atomic E-state index is 11.8. The smallest absolute Gasteiger partial charge is 0.256 e. The summed E-state index contributed by atoms with van der Waals surface area (Å²) in [6.45, 7) is 6.15.